The average molecular weight is 234 g/mol. The number of carbonyl (C=O) groups is 1. The van der Waals surface area contributed by atoms with Crippen LogP contribution in [0.1, 0.15) is 6.92 Å². The van der Waals surface area contributed by atoms with Crippen LogP contribution >= 0.6 is 0 Å². The molecule has 0 bridgehead atoms. The summed E-state index contributed by atoms with van der Waals surface area (Å²) in [7, 11) is 1.86. The Morgan fingerprint density at radius 3 is 3.06 bits per heavy atom. The number of benzene rings is 1. The van der Waals surface area contributed by atoms with Crippen LogP contribution in [0.4, 0.5) is 0 Å². The molecule has 0 N–H and O–H groups in total. The van der Waals surface area contributed by atoms with Crippen LogP contribution in [0.15, 0.2) is 24.4 Å². The number of hydrogen-bond acceptors (Lipinski definition) is 4. The van der Waals surface area contributed by atoms with Gasteiger partial charge in [0.15, 0.2) is 6.61 Å². The minimum atomic E-state index is -0.367. The molecule has 0 atom stereocenters. The quantitative estimate of drug-likeness (QED) is 0.752. The van der Waals surface area contributed by atoms with Gasteiger partial charge in [-0.1, -0.05) is 6.07 Å². The molecule has 0 aliphatic heterocycles. The van der Waals surface area contributed by atoms with E-state index in [1.165, 1.54) is 0 Å². The fraction of sp³-hybridized carbons (Fsp3) is 0.333. The molecule has 0 amide bonds. The highest BCUT2D eigenvalue weighted by Gasteiger charge is 2.08. The van der Waals surface area contributed by atoms with E-state index in [2.05, 4.69) is 5.10 Å². The molecular formula is C12H14N2O3. The van der Waals surface area contributed by atoms with E-state index in [-0.39, 0.29) is 12.6 Å². The van der Waals surface area contributed by atoms with Crippen molar-refractivity contribution in [3.05, 3.63) is 24.4 Å². The maximum atomic E-state index is 11.2. The van der Waals surface area contributed by atoms with Gasteiger partial charge in [0, 0.05) is 7.05 Å². The average Bonchev–Trinajstić information content (AvgIpc) is 2.70. The molecule has 0 unspecified atom stereocenters. The third kappa shape index (κ3) is 2.38. The van der Waals surface area contributed by atoms with E-state index in [9.17, 15) is 4.79 Å². The fourth-order valence-corrected chi connectivity index (χ4v) is 1.62. The summed E-state index contributed by atoms with van der Waals surface area (Å²) in [5.41, 5.74) is 0.964. The number of hydrogen-bond donors (Lipinski definition) is 0. The Morgan fingerprint density at radius 2 is 2.29 bits per heavy atom. The highest BCUT2D eigenvalue weighted by Crippen LogP contribution is 2.24. The van der Waals surface area contributed by atoms with E-state index in [4.69, 9.17) is 9.47 Å². The molecule has 0 saturated heterocycles. The van der Waals surface area contributed by atoms with Gasteiger partial charge in [0.2, 0.25) is 0 Å². The number of ether oxygens (including phenoxy) is 2. The summed E-state index contributed by atoms with van der Waals surface area (Å²) in [6.07, 6.45) is 1.72. The van der Waals surface area contributed by atoms with Crippen LogP contribution in [0.3, 0.4) is 0 Å². The Balaban J connectivity index is 2.16. The lowest BCUT2D eigenvalue weighted by Crippen LogP contribution is -2.14. The van der Waals surface area contributed by atoms with Crippen LogP contribution < -0.4 is 4.74 Å². The monoisotopic (exact) mass is 234 g/mol. The molecule has 1 aromatic heterocycles. The van der Waals surface area contributed by atoms with Gasteiger partial charge < -0.3 is 9.47 Å². The van der Waals surface area contributed by atoms with Gasteiger partial charge in [0.1, 0.15) is 5.75 Å². The van der Waals surface area contributed by atoms with E-state index in [1.54, 1.807) is 17.8 Å². The third-order valence-electron chi connectivity index (χ3n) is 2.40. The summed E-state index contributed by atoms with van der Waals surface area (Å²) in [5.74, 6) is 0.275. The van der Waals surface area contributed by atoms with E-state index in [1.807, 2.05) is 25.2 Å². The molecule has 0 fully saturated rings. The van der Waals surface area contributed by atoms with Crippen LogP contribution in [-0.4, -0.2) is 29.0 Å². The van der Waals surface area contributed by atoms with Crippen molar-refractivity contribution in [2.24, 2.45) is 7.05 Å². The second kappa shape index (κ2) is 4.86. The Labute approximate surface area is 98.9 Å². The Morgan fingerprint density at radius 1 is 1.47 bits per heavy atom. The SMILES string of the molecule is CCOC(=O)COc1cccc2c1cnn2C. The Bertz CT molecular complexity index is 534. The van der Waals surface area contributed by atoms with Crippen LogP contribution in [-0.2, 0) is 16.6 Å². The minimum absolute atomic E-state index is 0.0815. The van der Waals surface area contributed by atoms with Crippen LogP contribution in [0.5, 0.6) is 5.75 Å². The number of fused-ring (bicyclic) bond motifs is 1. The van der Waals surface area contributed by atoms with Crippen molar-refractivity contribution < 1.29 is 14.3 Å². The summed E-state index contributed by atoms with van der Waals surface area (Å²) >= 11 is 0. The summed E-state index contributed by atoms with van der Waals surface area (Å²) < 4.78 is 12.0. The molecule has 2 rings (SSSR count). The topological polar surface area (TPSA) is 53.4 Å². The zero-order valence-corrected chi connectivity index (χ0v) is 9.84. The molecule has 0 aliphatic carbocycles. The first kappa shape index (κ1) is 11.4. The highest BCUT2D eigenvalue weighted by atomic mass is 16.6. The van der Waals surface area contributed by atoms with Gasteiger partial charge >= 0.3 is 5.97 Å². The lowest BCUT2D eigenvalue weighted by molar-refractivity contribution is -0.145. The van der Waals surface area contributed by atoms with Crippen LogP contribution in [0.25, 0.3) is 10.9 Å². The first-order chi connectivity index (χ1) is 8.22. The summed E-state index contributed by atoms with van der Waals surface area (Å²) in [4.78, 5) is 11.2. The predicted octanol–water partition coefficient (Wildman–Crippen LogP) is 1.52. The molecule has 0 saturated carbocycles. The standard InChI is InChI=1S/C12H14N2O3/c1-3-16-12(15)8-17-11-6-4-5-10-9(11)7-13-14(10)2/h4-7H,3,8H2,1-2H3. The Hall–Kier alpha value is -2.04. The first-order valence-electron chi connectivity index (χ1n) is 5.41. The molecular weight excluding hydrogens is 220 g/mol. The van der Waals surface area contributed by atoms with Crippen molar-refractivity contribution in [3.63, 3.8) is 0 Å². The number of carbonyl (C=O) groups excluding carboxylic acids is 1. The maximum Gasteiger partial charge on any atom is 0.344 e. The highest BCUT2D eigenvalue weighted by molar-refractivity contribution is 5.85. The van der Waals surface area contributed by atoms with Crippen LogP contribution in [0.2, 0.25) is 0 Å². The van der Waals surface area contributed by atoms with Crippen LogP contribution in [0, 0.1) is 0 Å². The van der Waals surface area contributed by atoms with E-state index >= 15 is 0 Å². The zero-order valence-electron chi connectivity index (χ0n) is 9.84. The smallest absolute Gasteiger partial charge is 0.344 e. The number of aromatic nitrogens is 2. The van der Waals surface area contributed by atoms with Crippen molar-refractivity contribution >= 4 is 16.9 Å². The molecule has 2 aromatic rings. The molecule has 0 radical (unpaired) electrons. The number of aryl methyl sites for hydroxylation is 1. The van der Waals surface area contributed by atoms with Crippen molar-refractivity contribution in [1.82, 2.24) is 9.78 Å². The number of rotatable bonds is 4. The van der Waals surface area contributed by atoms with Gasteiger partial charge in [0.05, 0.1) is 23.7 Å². The largest absolute Gasteiger partial charge is 0.481 e. The van der Waals surface area contributed by atoms with Crippen molar-refractivity contribution in [2.45, 2.75) is 6.92 Å². The predicted molar refractivity (Wildman–Crippen MR) is 62.8 cm³/mol. The minimum Gasteiger partial charge on any atom is -0.481 e. The van der Waals surface area contributed by atoms with Gasteiger partial charge in [-0.3, -0.25) is 4.68 Å². The first-order valence-corrected chi connectivity index (χ1v) is 5.41. The summed E-state index contributed by atoms with van der Waals surface area (Å²) in [6, 6.07) is 5.62. The number of esters is 1. The fourth-order valence-electron chi connectivity index (χ4n) is 1.62. The molecule has 17 heavy (non-hydrogen) atoms. The van der Waals surface area contributed by atoms with Crippen molar-refractivity contribution in [3.8, 4) is 5.75 Å². The summed E-state index contributed by atoms with van der Waals surface area (Å²) in [6.45, 7) is 2.04. The van der Waals surface area contributed by atoms with E-state index < -0.39 is 0 Å². The van der Waals surface area contributed by atoms with Crippen molar-refractivity contribution in [2.75, 3.05) is 13.2 Å². The van der Waals surface area contributed by atoms with Crippen molar-refractivity contribution in [1.29, 1.82) is 0 Å². The molecule has 1 aromatic carbocycles. The van der Waals surface area contributed by atoms with Gasteiger partial charge in [-0.05, 0) is 19.1 Å². The van der Waals surface area contributed by atoms with Gasteiger partial charge in [-0.2, -0.15) is 5.10 Å². The maximum absolute atomic E-state index is 11.2. The lowest BCUT2D eigenvalue weighted by atomic mass is 10.2. The second-order valence-corrected chi connectivity index (χ2v) is 3.55. The second-order valence-electron chi connectivity index (χ2n) is 3.55. The van der Waals surface area contributed by atoms with E-state index in [0.717, 1.165) is 10.9 Å². The summed E-state index contributed by atoms with van der Waals surface area (Å²) in [5, 5.41) is 5.03. The normalized spacial score (nSPS) is 10.5. The molecule has 0 aliphatic rings. The van der Waals surface area contributed by atoms with E-state index in [0.29, 0.717) is 12.4 Å². The molecule has 5 nitrogen and oxygen atoms in total. The van der Waals surface area contributed by atoms with Gasteiger partial charge in [0.25, 0.3) is 0 Å². The molecule has 0 spiro atoms. The lowest BCUT2D eigenvalue weighted by Gasteiger charge is -2.06. The molecule has 5 heteroatoms. The molecule has 1 heterocycles. The third-order valence-corrected chi connectivity index (χ3v) is 2.40. The zero-order chi connectivity index (χ0) is 12.3. The Kier molecular flexibility index (Phi) is 3.27. The van der Waals surface area contributed by atoms with Gasteiger partial charge in [-0.25, -0.2) is 4.79 Å². The number of nitrogens with zero attached hydrogens (tertiary/aromatic N) is 2. The molecule has 90 valence electrons. The van der Waals surface area contributed by atoms with Gasteiger partial charge in [-0.15, -0.1) is 0 Å².